The summed E-state index contributed by atoms with van der Waals surface area (Å²) in [6, 6.07) is 3.39. The Bertz CT molecular complexity index is 789. The number of benzene rings is 1. The molecule has 9 heteroatoms. The van der Waals surface area contributed by atoms with Crippen molar-refractivity contribution in [3.8, 4) is 0 Å². The number of piperidine rings is 1. The van der Waals surface area contributed by atoms with Crippen molar-refractivity contribution in [2.24, 2.45) is 5.92 Å². The van der Waals surface area contributed by atoms with Crippen molar-refractivity contribution in [2.45, 2.75) is 24.7 Å². The monoisotopic (exact) mass is 417 g/mol. The molecule has 1 aromatic rings. The van der Waals surface area contributed by atoms with Crippen molar-refractivity contribution in [3.05, 3.63) is 29.0 Å². The van der Waals surface area contributed by atoms with Crippen LogP contribution in [0.3, 0.4) is 0 Å². The van der Waals surface area contributed by atoms with Gasteiger partial charge in [0, 0.05) is 26.2 Å². The highest BCUT2D eigenvalue weighted by molar-refractivity contribution is 7.89. The van der Waals surface area contributed by atoms with Gasteiger partial charge < -0.3 is 4.90 Å². The first-order chi connectivity index (χ1) is 12.8. The van der Waals surface area contributed by atoms with Crippen molar-refractivity contribution < 1.29 is 17.6 Å². The van der Waals surface area contributed by atoms with Gasteiger partial charge in [0.2, 0.25) is 15.9 Å². The van der Waals surface area contributed by atoms with E-state index in [0.29, 0.717) is 25.6 Å². The van der Waals surface area contributed by atoms with Crippen LogP contribution >= 0.6 is 11.6 Å². The first kappa shape index (κ1) is 20.5. The molecule has 0 saturated carbocycles. The fourth-order valence-corrected chi connectivity index (χ4v) is 5.17. The van der Waals surface area contributed by atoms with Crippen LogP contribution in [0, 0.1) is 11.7 Å². The highest BCUT2D eigenvalue weighted by Gasteiger charge is 2.31. The van der Waals surface area contributed by atoms with Gasteiger partial charge in [0.05, 0.1) is 16.5 Å². The molecule has 0 aromatic heterocycles. The number of halogens is 2. The minimum absolute atomic E-state index is 0.0314. The average molecular weight is 418 g/mol. The predicted molar refractivity (Wildman–Crippen MR) is 102 cm³/mol. The van der Waals surface area contributed by atoms with E-state index in [2.05, 4.69) is 11.8 Å². The summed E-state index contributed by atoms with van der Waals surface area (Å²) in [5, 5.41) is -0.222. The molecule has 2 aliphatic heterocycles. The molecule has 2 aliphatic rings. The molecule has 1 amide bonds. The zero-order chi connectivity index (χ0) is 19.6. The second-order valence-corrected chi connectivity index (χ2v) is 9.66. The van der Waals surface area contributed by atoms with E-state index < -0.39 is 15.8 Å². The summed E-state index contributed by atoms with van der Waals surface area (Å²) in [5.74, 6) is 0.106. The van der Waals surface area contributed by atoms with Crippen LogP contribution in [0.1, 0.15) is 19.8 Å². The largest absolute Gasteiger partial charge is 0.339 e. The van der Waals surface area contributed by atoms with E-state index in [9.17, 15) is 17.6 Å². The van der Waals surface area contributed by atoms with Crippen molar-refractivity contribution in [2.75, 3.05) is 45.8 Å². The van der Waals surface area contributed by atoms with E-state index in [1.807, 2.05) is 0 Å². The topological polar surface area (TPSA) is 60.9 Å². The first-order valence-corrected chi connectivity index (χ1v) is 11.0. The first-order valence-electron chi connectivity index (χ1n) is 9.22. The average Bonchev–Trinajstić information content (AvgIpc) is 2.66. The van der Waals surface area contributed by atoms with E-state index in [4.69, 9.17) is 11.6 Å². The standard InChI is InChI=1S/C18H25ClFN3O3S/c1-14-4-6-21(7-5-14)13-18(24)22-8-10-23(11-9-22)27(25,26)15-2-3-17(20)16(19)12-15/h2-3,12,14H,4-11,13H2,1H3. The Morgan fingerprint density at radius 2 is 1.78 bits per heavy atom. The van der Waals surface area contributed by atoms with Gasteiger partial charge in [-0.3, -0.25) is 9.69 Å². The molecule has 2 heterocycles. The molecule has 0 atom stereocenters. The highest BCUT2D eigenvalue weighted by atomic mass is 35.5. The van der Waals surface area contributed by atoms with E-state index in [1.165, 1.54) is 10.4 Å². The third-order valence-electron chi connectivity index (χ3n) is 5.36. The van der Waals surface area contributed by atoms with Crippen LogP contribution in [0.15, 0.2) is 23.1 Å². The third kappa shape index (κ3) is 4.80. The number of hydrogen-bond acceptors (Lipinski definition) is 4. The summed E-state index contributed by atoms with van der Waals surface area (Å²) >= 11 is 5.71. The summed E-state index contributed by atoms with van der Waals surface area (Å²) in [6.07, 6.45) is 2.22. The van der Waals surface area contributed by atoms with Crippen molar-refractivity contribution in [1.82, 2.24) is 14.1 Å². The zero-order valence-corrected chi connectivity index (χ0v) is 17.0. The lowest BCUT2D eigenvalue weighted by Crippen LogP contribution is -2.53. The number of carbonyl (C=O) groups is 1. The smallest absolute Gasteiger partial charge is 0.243 e. The molecule has 6 nitrogen and oxygen atoms in total. The minimum atomic E-state index is -3.75. The summed E-state index contributed by atoms with van der Waals surface area (Å²) in [5.41, 5.74) is 0. The Kier molecular flexibility index (Phi) is 6.40. The van der Waals surface area contributed by atoms with Gasteiger partial charge in [-0.25, -0.2) is 12.8 Å². The molecule has 1 aromatic carbocycles. The number of carbonyl (C=O) groups excluding carboxylic acids is 1. The number of sulfonamides is 1. The normalized spacial score (nSPS) is 20.8. The molecule has 2 saturated heterocycles. The molecule has 0 radical (unpaired) electrons. The maximum Gasteiger partial charge on any atom is 0.243 e. The molecule has 0 aliphatic carbocycles. The van der Waals surface area contributed by atoms with E-state index in [1.54, 1.807) is 4.90 Å². The minimum Gasteiger partial charge on any atom is -0.339 e. The van der Waals surface area contributed by atoms with Crippen molar-refractivity contribution in [1.29, 1.82) is 0 Å². The highest BCUT2D eigenvalue weighted by Crippen LogP contribution is 2.23. The summed E-state index contributed by atoms with van der Waals surface area (Å²) in [4.78, 5) is 16.4. The lowest BCUT2D eigenvalue weighted by Gasteiger charge is -2.36. The van der Waals surface area contributed by atoms with Crippen LogP contribution < -0.4 is 0 Å². The summed E-state index contributed by atoms with van der Waals surface area (Å²) < 4.78 is 40.0. The van der Waals surface area contributed by atoms with Gasteiger partial charge in [-0.05, 0) is 50.0 Å². The van der Waals surface area contributed by atoms with Gasteiger partial charge in [0.25, 0.3) is 0 Å². The van der Waals surface area contributed by atoms with Crippen LogP contribution in [0.5, 0.6) is 0 Å². The molecule has 150 valence electrons. The van der Waals surface area contributed by atoms with Gasteiger partial charge in [-0.15, -0.1) is 0 Å². The van der Waals surface area contributed by atoms with Crippen LogP contribution in [-0.4, -0.2) is 74.2 Å². The maximum absolute atomic E-state index is 13.3. The Morgan fingerprint density at radius 1 is 1.15 bits per heavy atom. The van der Waals surface area contributed by atoms with Crippen molar-refractivity contribution >= 4 is 27.5 Å². The van der Waals surface area contributed by atoms with Gasteiger partial charge in [0.15, 0.2) is 0 Å². The number of nitrogens with zero attached hydrogens (tertiary/aromatic N) is 3. The molecule has 0 unspecified atom stereocenters. The SMILES string of the molecule is CC1CCN(CC(=O)N2CCN(S(=O)(=O)c3ccc(F)c(Cl)c3)CC2)CC1. The molecule has 0 bridgehead atoms. The Labute approximate surface area is 164 Å². The number of likely N-dealkylation sites (tertiary alicyclic amines) is 1. The molecule has 0 spiro atoms. The molecular weight excluding hydrogens is 393 g/mol. The summed E-state index contributed by atoms with van der Waals surface area (Å²) in [6.45, 7) is 5.66. The number of rotatable bonds is 4. The van der Waals surface area contributed by atoms with E-state index in [-0.39, 0.29) is 28.9 Å². The zero-order valence-electron chi connectivity index (χ0n) is 15.4. The van der Waals surface area contributed by atoms with Crippen molar-refractivity contribution in [3.63, 3.8) is 0 Å². The van der Waals surface area contributed by atoms with Gasteiger partial charge in [0.1, 0.15) is 5.82 Å². The third-order valence-corrected chi connectivity index (χ3v) is 7.54. The molecule has 0 N–H and O–H groups in total. The van der Waals surface area contributed by atoms with Crippen LogP contribution in [-0.2, 0) is 14.8 Å². The lowest BCUT2D eigenvalue weighted by molar-refractivity contribution is -0.133. The Balaban J connectivity index is 1.56. The van der Waals surface area contributed by atoms with Crippen LogP contribution in [0.2, 0.25) is 5.02 Å². The molecule has 27 heavy (non-hydrogen) atoms. The fourth-order valence-electron chi connectivity index (χ4n) is 3.48. The van der Waals surface area contributed by atoms with Gasteiger partial charge in [-0.2, -0.15) is 4.31 Å². The molecule has 2 fully saturated rings. The quantitative estimate of drug-likeness (QED) is 0.752. The van der Waals surface area contributed by atoms with Crippen LogP contribution in [0.25, 0.3) is 0 Å². The lowest BCUT2D eigenvalue weighted by atomic mass is 9.99. The predicted octanol–water partition coefficient (Wildman–Crippen LogP) is 2.04. The molecule has 3 rings (SSSR count). The Morgan fingerprint density at radius 3 is 2.37 bits per heavy atom. The van der Waals surface area contributed by atoms with Crippen LogP contribution in [0.4, 0.5) is 4.39 Å². The second kappa shape index (κ2) is 8.43. The number of hydrogen-bond donors (Lipinski definition) is 0. The second-order valence-electron chi connectivity index (χ2n) is 7.32. The number of piperazine rings is 1. The Hall–Kier alpha value is -1.22. The maximum atomic E-state index is 13.3. The number of amides is 1. The van der Waals surface area contributed by atoms with E-state index in [0.717, 1.165) is 38.1 Å². The van der Waals surface area contributed by atoms with E-state index >= 15 is 0 Å². The molecular formula is C18H25ClFN3O3S. The van der Waals surface area contributed by atoms with Gasteiger partial charge >= 0.3 is 0 Å². The van der Waals surface area contributed by atoms with Gasteiger partial charge in [-0.1, -0.05) is 18.5 Å². The fraction of sp³-hybridized carbons (Fsp3) is 0.611. The summed E-state index contributed by atoms with van der Waals surface area (Å²) in [7, 11) is -3.75.